The van der Waals surface area contributed by atoms with Crippen molar-refractivity contribution in [1.29, 1.82) is 0 Å². The van der Waals surface area contributed by atoms with Crippen molar-refractivity contribution in [1.82, 2.24) is 19.9 Å². The lowest BCUT2D eigenvalue weighted by molar-refractivity contribution is 0.659. The Kier molecular flexibility index (Phi) is 3.69. The van der Waals surface area contributed by atoms with E-state index in [0.717, 1.165) is 30.3 Å². The molecule has 0 saturated heterocycles. The molecule has 0 atom stereocenters. The van der Waals surface area contributed by atoms with E-state index in [2.05, 4.69) is 19.9 Å². The molecule has 0 spiro atoms. The highest BCUT2D eigenvalue weighted by molar-refractivity contribution is 7.11. The van der Waals surface area contributed by atoms with Crippen LogP contribution in [0, 0.1) is 6.92 Å². The Morgan fingerprint density at radius 2 is 2.31 bits per heavy atom. The van der Waals surface area contributed by atoms with Crippen LogP contribution >= 0.6 is 11.3 Å². The second-order valence-corrected chi connectivity index (χ2v) is 5.05. The zero-order chi connectivity index (χ0) is 11.4. The fraction of sp³-hybridized carbons (Fsp3) is 0.455. The van der Waals surface area contributed by atoms with Gasteiger partial charge in [0.1, 0.15) is 5.82 Å². The quantitative estimate of drug-likeness (QED) is 0.800. The van der Waals surface area contributed by atoms with Crippen LogP contribution in [-0.4, -0.2) is 21.1 Å². The minimum Gasteiger partial charge on any atom is -0.338 e. The van der Waals surface area contributed by atoms with Crippen molar-refractivity contribution in [2.24, 2.45) is 7.05 Å². The van der Waals surface area contributed by atoms with E-state index in [1.54, 1.807) is 11.3 Å². The normalized spacial score (nSPS) is 10.9. The molecule has 2 aromatic heterocycles. The molecule has 1 N–H and O–H groups in total. The van der Waals surface area contributed by atoms with Crippen LogP contribution < -0.4 is 5.32 Å². The van der Waals surface area contributed by atoms with Crippen molar-refractivity contribution in [2.75, 3.05) is 6.54 Å². The van der Waals surface area contributed by atoms with Crippen LogP contribution in [0.25, 0.3) is 0 Å². The molecule has 4 nitrogen and oxygen atoms in total. The third kappa shape index (κ3) is 2.90. The van der Waals surface area contributed by atoms with E-state index in [4.69, 9.17) is 0 Å². The van der Waals surface area contributed by atoms with Crippen molar-refractivity contribution in [3.05, 3.63) is 34.3 Å². The van der Waals surface area contributed by atoms with E-state index in [0.29, 0.717) is 0 Å². The van der Waals surface area contributed by atoms with E-state index in [1.165, 1.54) is 4.88 Å². The highest BCUT2D eigenvalue weighted by Gasteiger charge is 2.00. The van der Waals surface area contributed by atoms with Crippen LogP contribution in [0.2, 0.25) is 0 Å². The van der Waals surface area contributed by atoms with Gasteiger partial charge in [-0.25, -0.2) is 9.97 Å². The van der Waals surface area contributed by atoms with Gasteiger partial charge in [0.05, 0.1) is 5.01 Å². The minimum atomic E-state index is 0.899. The molecular formula is C11H16N4S. The number of thiazole rings is 1. The molecule has 86 valence electrons. The Balaban J connectivity index is 1.71. The molecule has 16 heavy (non-hydrogen) atoms. The third-order valence-corrected chi connectivity index (χ3v) is 3.33. The number of nitrogens with one attached hydrogen (secondary N) is 1. The number of nitrogens with zero attached hydrogens (tertiary/aromatic N) is 3. The first-order valence-corrected chi connectivity index (χ1v) is 6.15. The maximum atomic E-state index is 4.28. The van der Waals surface area contributed by atoms with Crippen molar-refractivity contribution >= 4 is 11.3 Å². The van der Waals surface area contributed by atoms with Gasteiger partial charge in [0, 0.05) is 50.0 Å². The Morgan fingerprint density at radius 1 is 1.44 bits per heavy atom. The molecule has 0 aliphatic rings. The fourth-order valence-electron chi connectivity index (χ4n) is 1.54. The van der Waals surface area contributed by atoms with Gasteiger partial charge >= 0.3 is 0 Å². The number of hydrogen-bond donors (Lipinski definition) is 1. The zero-order valence-electron chi connectivity index (χ0n) is 9.60. The summed E-state index contributed by atoms with van der Waals surface area (Å²) < 4.78 is 2.05. The largest absolute Gasteiger partial charge is 0.338 e. The Hall–Kier alpha value is -1.20. The topological polar surface area (TPSA) is 42.7 Å². The smallest absolute Gasteiger partial charge is 0.109 e. The molecule has 0 unspecified atom stereocenters. The average Bonchev–Trinajstić information content (AvgIpc) is 2.83. The summed E-state index contributed by atoms with van der Waals surface area (Å²) >= 11 is 1.74. The van der Waals surface area contributed by atoms with Crippen LogP contribution in [0.5, 0.6) is 0 Å². The van der Waals surface area contributed by atoms with Gasteiger partial charge < -0.3 is 9.88 Å². The van der Waals surface area contributed by atoms with E-state index in [9.17, 15) is 0 Å². The van der Waals surface area contributed by atoms with Crippen molar-refractivity contribution in [3.8, 4) is 0 Å². The molecule has 0 fully saturated rings. The first kappa shape index (κ1) is 11.3. The molecule has 0 aromatic carbocycles. The van der Waals surface area contributed by atoms with Crippen LogP contribution in [0.15, 0.2) is 18.6 Å². The first-order valence-electron chi connectivity index (χ1n) is 5.34. The summed E-state index contributed by atoms with van der Waals surface area (Å²) in [5, 5.41) is 4.52. The van der Waals surface area contributed by atoms with Gasteiger partial charge in [0.25, 0.3) is 0 Å². The highest BCUT2D eigenvalue weighted by atomic mass is 32.1. The summed E-state index contributed by atoms with van der Waals surface area (Å²) in [6, 6.07) is 0. The molecular weight excluding hydrogens is 220 g/mol. The van der Waals surface area contributed by atoms with Crippen molar-refractivity contribution < 1.29 is 0 Å². The molecule has 0 amide bonds. The fourth-order valence-corrected chi connectivity index (χ4v) is 2.30. The number of hydrogen-bond acceptors (Lipinski definition) is 4. The SMILES string of the molecule is Cc1ncc(CNCCc2nccn2C)s1. The molecule has 2 aromatic rings. The number of aromatic nitrogens is 3. The lowest BCUT2D eigenvalue weighted by atomic mass is 10.4. The second-order valence-electron chi connectivity index (χ2n) is 3.73. The van der Waals surface area contributed by atoms with Gasteiger partial charge in [-0.2, -0.15) is 0 Å². The molecule has 0 saturated carbocycles. The van der Waals surface area contributed by atoms with E-state index in [1.807, 2.05) is 32.6 Å². The molecule has 0 aliphatic carbocycles. The molecule has 0 aliphatic heterocycles. The summed E-state index contributed by atoms with van der Waals surface area (Å²) in [5.74, 6) is 1.12. The molecule has 5 heteroatoms. The van der Waals surface area contributed by atoms with E-state index in [-0.39, 0.29) is 0 Å². The Labute approximate surface area is 99.4 Å². The van der Waals surface area contributed by atoms with Gasteiger partial charge in [-0.05, 0) is 6.92 Å². The Morgan fingerprint density at radius 3 is 2.94 bits per heavy atom. The second kappa shape index (κ2) is 5.23. The molecule has 0 radical (unpaired) electrons. The standard InChI is InChI=1S/C11H16N4S/c1-9-14-8-10(16-9)7-12-4-3-11-13-5-6-15(11)2/h5-6,8,12H,3-4,7H2,1-2H3. The zero-order valence-corrected chi connectivity index (χ0v) is 10.4. The summed E-state index contributed by atoms with van der Waals surface area (Å²) in [6.45, 7) is 3.87. The van der Waals surface area contributed by atoms with E-state index < -0.39 is 0 Å². The lowest BCUT2D eigenvalue weighted by Gasteiger charge is -2.03. The monoisotopic (exact) mass is 236 g/mol. The maximum absolute atomic E-state index is 4.28. The van der Waals surface area contributed by atoms with Gasteiger partial charge in [0.2, 0.25) is 0 Å². The van der Waals surface area contributed by atoms with Crippen LogP contribution in [0.3, 0.4) is 0 Å². The number of rotatable bonds is 5. The predicted octanol–water partition coefficient (Wildman–Crippen LogP) is 1.52. The summed E-state index contributed by atoms with van der Waals surface area (Å²) in [4.78, 5) is 9.79. The Bertz CT molecular complexity index is 446. The summed E-state index contributed by atoms with van der Waals surface area (Å²) in [6.07, 6.45) is 6.71. The maximum Gasteiger partial charge on any atom is 0.109 e. The minimum absolute atomic E-state index is 0.899. The number of imidazole rings is 1. The predicted molar refractivity (Wildman–Crippen MR) is 65.5 cm³/mol. The van der Waals surface area contributed by atoms with Gasteiger partial charge in [-0.3, -0.25) is 0 Å². The van der Waals surface area contributed by atoms with Crippen molar-refractivity contribution in [3.63, 3.8) is 0 Å². The van der Waals surface area contributed by atoms with Crippen LogP contribution in [0.4, 0.5) is 0 Å². The lowest BCUT2D eigenvalue weighted by Crippen LogP contribution is -2.17. The van der Waals surface area contributed by atoms with Gasteiger partial charge in [0.15, 0.2) is 0 Å². The van der Waals surface area contributed by atoms with Gasteiger partial charge in [-0.15, -0.1) is 11.3 Å². The third-order valence-electron chi connectivity index (χ3n) is 2.41. The average molecular weight is 236 g/mol. The number of aryl methyl sites for hydroxylation is 2. The van der Waals surface area contributed by atoms with Crippen molar-refractivity contribution in [2.45, 2.75) is 19.9 Å². The van der Waals surface area contributed by atoms with E-state index >= 15 is 0 Å². The van der Waals surface area contributed by atoms with Crippen LogP contribution in [-0.2, 0) is 20.0 Å². The molecule has 0 bridgehead atoms. The molecule has 2 heterocycles. The summed E-state index contributed by atoms with van der Waals surface area (Å²) in [5.41, 5.74) is 0. The van der Waals surface area contributed by atoms with Gasteiger partial charge in [-0.1, -0.05) is 0 Å². The molecule has 2 rings (SSSR count). The first-order chi connectivity index (χ1) is 7.75. The van der Waals surface area contributed by atoms with Crippen LogP contribution in [0.1, 0.15) is 15.7 Å². The highest BCUT2D eigenvalue weighted by Crippen LogP contribution is 2.10. The summed E-state index contributed by atoms with van der Waals surface area (Å²) in [7, 11) is 2.02.